The highest BCUT2D eigenvalue weighted by Gasteiger charge is 2.28. The number of piperazine rings is 1. The minimum Gasteiger partial charge on any atom is -0.493 e. The third-order valence-electron chi connectivity index (χ3n) is 8.39. The quantitative estimate of drug-likeness (QED) is 0.191. The molecule has 0 aliphatic carbocycles. The van der Waals surface area contributed by atoms with E-state index >= 15 is 0 Å². The zero-order valence-corrected chi connectivity index (χ0v) is 27.5. The fourth-order valence-corrected chi connectivity index (χ4v) is 6.11. The monoisotopic (exact) mass is 633 g/mol. The second-order valence-corrected chi connectivity index (χ2v) is 12.1. The molecule has 5 rings (SSSR count). The highest BCUT2D eigenvalue weighted by atomic mass is 16.5. The number of piperidine rings is 1. The summed E-state index contributed by atoms with van der Waals surface area (Å²) in [5.74, 6) is 2.23. The summed E-state index contributed by atoms with van der Waals surface area (Å²) >= 11 is 0. The molecule has 1 unspecified atom stereocenters. The third kappa shape index (κ3) is 8.31. The average Bonchev–Trinajstić information content (AvgIpc) is 3.07. The summed E-state index contributed by atoms with van der Waals surface area (Å²) in [6, 6.07) is 11.0. The van der Waals surface area contributed by atoms with Gasteiger partial charge >= 0.3 is 12.0 Å². The first-order chi connectivity index (χ1) is 22.4. The lowest BCUT2D eigenvalue weighted by molar-refractivity contribution is 0.0526. The number of benzene rings is 2. The summed E-state index contributed by atoms with van der Waals surface area (Å²) in [4.78, 5) is 34.7. The summed E-state index contributed by atoms with van der Waals surface area (Å²) in [5, 5.41) is 7.22. The molecular formula is C35H47N5O6. The molecule has 3 heterocycles. The van der Waals surface area contributed by atoms with Gasteiger partial charge in [-0.15, -0.1) is 0 Å². The Kier molecular flexibility index (Phi) is 11.4. The van der Waals surface area contributed by atoms with E-state index in [0.29, 0.717) is 67.0 Å². The smallest absolute Gasteiger partial charge is 0.341 e. The lowest BCUT2D eigenvalue weighted by Gasteiger charge is -2.37. The molecule has 0 radical (unpaired) electrons. The largest absolute Gasteiger partial charge is 0.493 e. The van der Waals surface area contributed by atoms with E-state index in [2.05, 4.69) is 20.5 Å². The van der Waals surface area contributed by atoms with Crippen LogP contribution in [0.25, 0.3) is 10.9 Å². The molecule has 2 saturated heterocycles. The second kappa shape index (κ2) is 15.8. The molecule has 2 aliphatic heterocycles. The highest BCUT2D eigenvalue weighted by Crippen LogP contribution is 2.38. The van der Waals surface area contributed by atoms with Crippen LogP contribution in [0.15, 0.2) is 42.6 Å². The first-order valence-electron chi connectivity index (χ1n) is 16.4. The van der Waals surface area contributed by atoms with Gasteiger partial charge < -0.3 is 39.4 Å². The Hall–Kier alpha value is -4.25. The van der Waals surface area contributed by atoms with Crippen molar-refractivity contribution in [2.45, 2.75) is 52.6 Å². The fraction of sp³-hybridized carbons (Fsp3) is 0.514. The van der Waals surface area contributed by atoms with E-state index in [9.17, 15) is 9.59 Å². The number of urea groups is 1. The molecule has 0 spiro atoms. The van der Waals surface area contributed by atoms with Crippen molar-refractivity contribution in [1.29, 1.82) is 0 Å². The van der Waals surface area contributed by atoms with Crippen molar-refractivity contribution in [3.8, 4) is 17.2 Å². The zero-order chi connectivity index (χ0) is 32.5. The average molecular weight is 634 g/mol. The van der Waals surface area contributed by atoms with Crippen molar-refractivity contribution < 1.29 is 28.5 Å². The van der Waals surface area contributed by atoms with E-state index in [-0.39, 0.29) is 18.7 Å². The number of carbonyl (C=O) groups excluding carboxylic acids is 2. The van der Waals surface area contributed by atoms with Crippen molar-refractivity contribution in [3.63, 3.8) is 0 Å². The van der Waals surface area contributed by atoms with Gasteiger partial charge in [0.25, 0.3) is 0 Å². The maximum absolute atomic E-state index is 13.1. The molecule has 2 N–H and O–H groups in total. The van der Waals surface area contributed by atoms with Crippen LogP contribution >= 0.6 is 0 Å². The van der Waals surface area contributed by atoms with Gasteiger partial charge in [0, 0.05) is 49.5 Å². The molecule has 0 bridgehead atoms. The van der Waals surface area contributed by atoms with Gasteiger partial charge in [-0.2, -0.15) is 0 Å². The number of pyridine rings is 1. The molecule has 248 valence electrons. The minimum absolute atomic E-state index is 0.0777. The molecule has 11 heteroatoms. The molecule has 11 nitrogen and oxygen atoms in total. The van der Waals surface area contributed by atoms with Crippen molar-refractivity contribution >= 4 is 34.3 Å². The van der Waals surface area contributed by atoms with Crippen LogP contribution in [0.1, 0.15) is 56.8 Å². The number of hydrogen-bond donors (Lipinski definition) is 2. The minimum atomic E-state index is -0.437. The number of aromatic nitrogens is 1. The summed E-state index contributed by atoms with van der Waals surface area (Å²) < 4.78 is 23.1. The number of nitrogens with one attached hydrogen (secondary N) is 2. The summed E-state index contributed by atoms with van der Waals surface area (Å²) in [6.07, 6.45) is 6.24. The van der Waals surface area contributed by atoms with Gasteiger partial charge in [-0.3, -0.25) is 4.98 Å². The predicted molar refractivity (Wildman–Crippen MR) is 180 cm³/mol. The van der Waals surface area contributed by atoms with Crippen molar-refractivity contribution in [1.82, 2.24) is 15.2 Å². The topological polar surface area (TPSA) is 114 Å². The van der Waals surface area contributed by atoms with E-state index in [1.54, 1.807) is 25.1 Å². The Morgan fingerprint density at radius 3 is 2.54 bits per heavy atom. The van der Waals surface area contributed by atoms with Crippen molar-refractivity contribution in [2.75, 3.05) is 69.8 Å². The Balaban J connectivity index is 1.30. The number of nitrogens with zero attached hydrogens (tertiary/aromatic N) is 3. The molecule has 3 aromatic rings. The van der Waals surface area contributed by atoms with Gasteiger partial charge in [0.2, 0.25) is 0 Å². The SMILES string of the molecule is CCOC(=O)c1cnc2cc(OCCCC3CCCNC3)c(OC)cc2c1N1CCN(C(=O)Nc2ccc(OC(C)C)cc2)CC1. The Morgan fingerprint density at radius 1 is 1.09 bits per heavy atom. The number of esters is 1. The molecule has 0 saturated carbocycles. The lowest BCUT2D eigenvalue weighted by atomic mass is 9.95. The molecule has 46 heavy (non-hydrogen) atoms. The van der Waals surface area contributed by atoms with Crippen LogP contribution in [0, 0.1) is 5.92 Å². The van der Waals surface area contributed by atoms with E-state index < -0.39 is 5.97 Å². The fourth-order valence-electron chi connectivity index (χ4n) is 6.11. The normalized spacial score (nSPS) is 16.8. The lowest BCUT2D eigenvalue weighted by Crippen LogP contribution is -2.50. The van der Waals surface area contributed by atoms with Crippen LogP contribution in [0.4, 0.5) is 16.2 Å². The van der Waals surface area contributed by atoms with Crippen LogP contribution in [0.3, 0.4) is 0 Å². The number of methoxy groups -OCH3 is 1. The molecule has 1 aromatic heterocycles. The van der Waals surface area contributed by atoms with Gasteiger partial charge in [-0.25, -0.2) is 9.59 Å². The molecular weight excluding hydrogens is 586 g/mol. The molecule has 2 aliphatic rings. The number of rotatable bonds is 12. The van der Waals surface area contributed by atoms with Crippen LogP contribution in [-0.4, -0.2) is 87.6 Å². The Morgan fingerprint density at radius 2 is 1.87 bits per heavy atom. The van der Waals surface area contributed by atoms with E-state index in [1.807, 2.05) is 50.2 Å². The zero-order valence-electron chi connectivity index (χ0n) is 27.5. The standard InChI is InChI=1S/C35H47N5O6/c1-5-44-34(41)29-23-37-30-21-32(45-19-7-9-25-8-6-14-36-22-25)31(43-4)20-28(30)33(29)39-15-17-40(18-16-39)35(42)38-26-10-12-27(13-11-26)46-24(2)3/h10-13,20-21,23-25,36H,5-9,14-19,22H2,1-4H3,(H,38,42). The number of carbonyl (C=O) groups is 2. The summed E-state index contributed by atoms with van der Waals surface area (Å²) in [7, 11) is 1.62. The predicted octanol–water partition coefficient (Wildman–Crippen LogP) is 5.72. The summed E-state index contributed by atoms with van der Waals surface area (Å²) in [6.45, 7) is 10.8. The second-order valence-electron chi connectivity index (χ2n) is 12.1. The van der Waals surface area contributed by atoms with Gasteiger partial charge in [0.1, 0.15) is 11.3 Å². The Bertz CT molecular complexity index is 1470. The van der Waals surface area contributed by atoms with Gasteiger partial charge in [0.05, 0.1) is 37.6 Å². The van der Waals surface area contributed by atoms with Gasteiger partial charge in [-0.05, 0) is 95.8 Å². The third-order valence-corrected chi connectivity index (χ3v) is 8.39. The van der Waals surface area contributed by atoms with Crippen LogP contribution in [-0.2, 0) is 4.74 Å². The first-order valence-corrected chi connectivity index (χ1v) is 16.4. The maximum atomic E-state index is 13.1. The molecule has 1 atom stereocenters. The van der Waals surface area contributed by atoms with E-state index in [4.69, 9.17) is 18.9 Å². The number of anilines is 2. The van der Waals surface area contributed by atoms with E-state index in [1.165, 1.54) is 12.8 Å². The number of amides is 2. The maximum Gasteiger partial charge on any atom is 0.341 e. The molecule has 2 amide bonds. The van der Waals surface area contributed by atoms with Crippen LogP contribution < -0.4 is 29.7 Å². The van der Waals surface area contributed by atoms with E-state index in [0.717, 1.165) is 42.8 Å². The van der Waals surface area contributed by atoms with Crippen molar-refractivity contribution in [3.05, 3.63) is 48.2 Å². The molecule has 2 fully saturated rings. The number of hydrogen-bond acceptors (Lipinski definition) is 9. The number of ether oxygens (including phenoxy) is 4. The van der Waals surface area contributed by atoms with Crippen molar-refractivity contribution in [2.24, 2.45) is 5.92 Å². The first kappa shape index (κ1) is 33.1. The Labute approximate surface area is 271 Å². The van der Waals surface area contributed by atoms with Crippen LogP contribution in [0.5, 0.6) is 17.2 Å². The van der Waals surface area contributed by atoms with Gasteiger partial charge in [-0.1, -0.05) is 0 Å². The molecule has 2 aromatic carbocycles. The van der Waals surface area contributed by atoms with Crippen LogP contribution in [0.2, 0.25) is 0 Å². The summed E-state index contributed by atoms with van der Waals surface area (Å²) in [5.41, 5.74) is 2.50. The highest BCUT2D eigenvalue weighted by molar-refractivity contribution is 6.06. The number of fused-ring (bicyclic) bond motifs is 1. The van der Waals surface area contributed by atoms with Gasteiger partial charge in [0.15, 0.2) is 11.5 Å².